The van der Waals surface area contributed by atoms with E-state index < -0.39 is 11.9 Å². The van der Waals surface area contributed by atoms with Gasteiger partial charge in [-0.05, 0) is 37.0 Å². The number of benzene rings is 1. The third-order valence-electron chi connectivity index (χ3n) is 3.44. The molecule has 1 saturated heterocycles. The molecule has 1 atom stereocenters. The maximum absolute atomic E-state index is 13.9. The minimum Gasteiger partial charge on any atom is -0.342 e. The van der Waals surface area contributed by atoms with Crippen molar-refractivity contribution in [3.05, 3.63) is 28.5 Å². The van der Waals surface area contributed by atoms with Crippen molar-refractivity contribution in [3.63, 3.8) is 0 Å². The first-order valence-corrected chi connectivity index (χ1v) is 6.91. The van der Waals surface area contributed by atoms with Crippen LogP contribution in [0.5, 0.6) is 0 Å². The van der Waals surface area contributed by atoms with Gasteiger partial charge in [0.25, 0.3) is 0 Å². The summed E-state index contributed by atoms with van der Waals surface area (Å²) in [4.78, 5) is 25.2. The van der Waals surface area contributed by atoms with Crippen LogP contribution in [0.3, 0.4) is 0 Å². The van der Waals surface area contributed by atoms with Gasteiger partial charge < -0.3 is 5.32 Å². The van der Waals surface area contributed by atoms with Crippen molar-refractivity contribution in [1.82, 2.24) is 5.32 Å². The lowest BCUT2D eigenvalue weighted by Gasteiger charge is -2.32. The van der Waals surface area contributed by atoms with Gasteiger partial charge in [0, 0.05) is 4.47 Å². The Hall–Kier alpha value is -1.43. The monoisotopic (exact) mass is 326 g/mol. The summed E-state index contributed by atoms with van der Waals surface area (Å²) in [6, 6.07) is 3.97. The number of hydrogen-bond donors (Lipinski definition) is 1. The van der Waals surface area contributed by atoms with E-state index in [0.717, 1.165) is 12.8 Å². The molecular weight excluding hydrogens is 315 g/mol. The van der Waals surface area contributed by atoms with E-state index >= 15 is 0 Å². The summed E-state index contributed by atoms with van der Waals surface area (Å²) in [6.07, 6.45) is 1.88. The first kappa shape index (κ1) is 12.6. The van der Waals surface area contributed by atoms with Crippen molar-refractivity contribution >= 4 is 33.4 Å². The zero-order valence-electron chi connectivity index (χ0n) is 10.0. The molecule has 2 fully saturated rings. The fourth-order valence-electron chi connectivity index (χ4n) is 2.32. The average Bonchev–Trinajstić information content (AvgIpc) is 3.16. The molecular formula is C13H12BrFN2O2. The van der Waals surface area contributed by atoms with Crippen LogP contribution in [0.1, 0.15) is 12.8 Å². The third kappa shape index (κ3) is 2.36. The SMILES string of the molecule is O=C1CN(c2ccc(Br)cc2F)C(=O)C(C2CC2)N1. The number of carbonyl (C=O) groups excluding carboxylic acids is 2. The highest BCUT2D eigenvalue weighted by Gasteiger charge is 2.43. The second-order valence-electron chi connectivity index (χ2n) is 4.90. The molecule has 1 aromatic carbocycles. The topological polar surface area (TPSA) is 49.4 Å². The highest BCUT2D eigenvalue weighted by atomic mass is 79.9. The van der Waals surface area contributed by atoms with Crippen LogP contribution in [-0.4, -0.2) is 24.4 Å². The van der Waals surface area contributed by atoms with Crippen LogP contribution in [-0.2, 0) is 9.59 Å². The molecule has 1 N–H and O–H groups in total. The number of carbonyl (C=O) groups is 2. The van der Waals surface area contributed by atoms with E-state index in [9.17, 15) is 14.0 Å². The molecule has 1 heterocycles. The highest BCUT2D eigenvalue weighted by molar-refractivity contribution is 9.10. The Morgan fingerprint density at radius 2 is 2.05 bits per heavy atom. The molecule has 2 amide bonds. The number of halogens is 2. The van der Waals surface area contributed by atoms with Crippen LogP contribution < -0.4 is 10.2 Å². The number of amides is 2. The van der Waals surface area contributed by atoms with Crippen molar-refractivity contribution in [2.24, 2.45) is 5.92 Å². The van der Waals surface area contributed by atoms with Gasteiger partial charge in [-0.2, -0.15) is 0 Å². The van der Waals surface area contributed by atoms with Gasteiger partial charge in [-0.1, -0.05) is 15.9 Å². The number of anilines is 1. The molecule has 0 spiro atoms. The zero-order chi connectivity index (χ0) is 13.6. The van der Waals surface area contributed by atoms with E-state index in [1.165, 1.54) is 17.0 Å². The lowest BCUT2D eigenvalue weighted by Crippen LogP contribution is -2.59. The Labute approximate surface area is 118 Å². The number of piperazine rings is 1. The van der Waals surface area contributed by atoms with Crippen molar-refractivity contribution < 1.29 is 14.0 Å². The van der Waals surface area contributed by atoms with E-state index in [1.807, 2.05) is 0 Å². The van der Waals surface area contributed by atoms with Crippen molar-refractivity contribution in [2.75, 3.05) is 11.4 Å². The molecule has 6 heteroatoms. The van der Waals surface area contributed by atoms with Gasteiger partial charge in [0.1, 0.15) is 18.4 Å². The third-order valence-corrected chi connectivity index (χ3v) is 3.94. The van der Waals surface area contributed by atoms with E-state index in [1.54, 1.807) is 6.07 Å². The molecule has 4 nitrogen and oxygen atoms in total. The Bertz CT molecular complexity index is 560. The number of nitrogens with one attached hydrogen (secondary N) is 1. The van der Waals surface area contributed by atoms with Gasteiger partial charge in [0.15, 0.2) is 0 Å². The van der Waals surface area contributed by atoms with Crippen LogP contribution in [0, 0.1) is 11.7 Å². The summed E-state index contributed by atoms with van der Waals surface area (Å²) in [5.74, 6) is -0.758. The van der Waals surface area contributed by atoms with Crippen molar-refractivity contribution in [1.29, 1.82) is 0 Å². The Morgan fingerprint density at radius 3 is 2.68 bits per heavy atom. The lowest BCUT2D eigenvalue weighted by atomic mass is 10.1. The summed E-state index contributed by atoms with van der Waals surface area (Å²) in [6.45, 7) is -0.124. The molecule has 1 aromatic rings. The van der Waals surface area contributed by atoms with Crippen LogP contribution >= 0.6 is 15.9 Å². The fraction of sp³-hybridized carbons (Fsp3) is 0.385. The molecule has 100 valence electrons. The Morgan fingerprint density at radius 1 is 1.32 bits per heavy atom. The smallest absolute Gasteiger partial charge is 0.250 e. The molecule has 0 bridgehead atoms. The van der Waals surface area contributed by atoms with E-state index in [-0.39, 0.29) is 30.0 Å². The predicted octanol–water partition coefficient (Wildman–Crippen LogP) is 1.83. The maximum atomic E-state index is 13.9. The van der Waals surface area contributed by atoms with Gasteiger partial charge in [-0.15, -0.1) is 0 Å². The Balaban J connectivity index is 1.93. The van der Waals surface area contributed by atoms with Crippen LogP contribution in [0.4, 0.5) is 10.1 Å². The minimum absolute atomic E-state index is 0.124. The summed E-state index contributed by atoms with van der Waals surface area (Å²) >= 11 is 3.17. The van der Waals surface area contributed by atoms with Gasteiger partial charge >= 0.3 is 0 Å². The first-order valence-electron chi connectivity index (χ1n) is 6.12. The first-order chi connectivity index (χ1) is 9.06. The molecule has 1 aliphatic carbocycles. The van der Waals surface area contributed by atoms with E-state index in [4.69, 9.17) is 0 Å². The summed E-state index contributed by atoms with van der Waals surface area (Å²) in [7, 11) is 0. The average molecular weight is 327 g/mol. The maximum Gasteiger partial charge on any atom is 0.250 e. The van der Waals surface area contributed by atoms with Gasteiger partial charge in [-0.25, -0.2) is 4.39 Å². The molecule has 0 radical (unpaired) electrons. The number of rotatable bonds is 2. The molecule has 0 aromatic heterocycles. The van der Waals surface area contributed by atoms with Crippen LogP contribution in [0.2, 0.25) is 0 Å². The van der Waals surface area contributed by atoms with Crippen molar-refractivity contribution in [2.45, 2.75) is 18.9 Å². The number of nitrogens with zero attached hydrogens (tertiary/aromatic N) is 1. The molecule has 1 aliphatic heterocycles. The zero-order valence-corrected chi connectivity index (χ0v) is 11.6. The standard InChI is InChI=1S/C13H12BrFN2O2/c14-8-3-4-10(9(15)5-8)17-6-11(18)16-12(13(17)19)7-1-2-7/h3-5,7,12H,1-2,6H2,(H,16,18). The number of hydrogen-bond acceptors (Lipinski definition) is 2. The van der Waals surface area contributed by atoms with Gasteiger partial charge in [-0.3, -0.25) is 14.5 Å². The normalized spacial score (nSPS) is 23.5. The summed E-state index contributed by atoms with van der Waals surface area (Å²) < 4.78 is 14.5. The van der Waals surface area contributed by atoms with E-state index in [0.29, 0.717) is 4.47 Å². The summed E-state index contributed by atoms with van der Waals surface area (Å²) in [5, 5.41) is 2.70. The molecule has 1 unspecified atom stereocenters. The molecule has 19 heavy (non-hydrogen) atoms. The van der Waals surface area contributed by atoms with Gasteiger partial charge in [0.2, 0.25) is 11.8 Å². The second kappa shape index (κ2) is 4.59. The second-order valence-corrected chi connectivity index (χ2v) is 5.82. The quantitative estimate of drug-likeness (QED) is 0.901. The fourth-order valence-corrected chi connectivity index (χ4v) is 2.66. The largest absolute Gasteiger partial charge is 0.342 e. The lowest BCUT2D eigenvalue weighted by molar-refractivity contribution is -0.131. The van der Waals surface area contributed by atoms with Crippen molar-refractivity contribution in [3.8, 4) is 0 Å². The van der Waals surface area contributed by atoms with Gasteiger partial charge in [0.05, 0.1) is 5.69 Å². The van der Waals surface area contributed by atoms with Crippen LogP contribution in [0.25, 0.3) is 0 Å². The highest BCUT2D eigenvalue weighted by Crippen LogP contribution is 2.35. The molecule has 1 saturated carbocycles. The molecule has 3 rings (SSSR count). The minimum atomic E-state index is -0.507. The Kier molecular flexibility index (Phi) is 3.05. The predicted molar refractivity (Wildman–Crippen MR) is 71.1 cm³/mol. The van der Waals surface area contributed by atoms with Crippen LogP contribution in [0.15, 0.2) is 22.7 Å². The van der Waals surface area contributed by atoms with E-state index in [2.05, 4.69) is 21.2 Å². The summed E-state index contributed by atoms with van der Waals surface area (Å²) in [5.41, 5.74) is 0.161. The molecule has 2 aliphatic rings.